The second-order valence-electron chi connectivity index (χ2n) is 6.43. The number of aromatic nitrogens is 2. The number of nitrogens with zero attached hydrogens (tertiary/aromatic N) is 3. The molecule has 2 heterocycles. The summed E-state index contributed by atoms with van der Waals surface area (Å²) in [7, 11) is 1.58. The van der Waals surface area contributed by atoms with E-state index in [1.54, 1.807) is 55.6 Å². The summed E-state index contributed by atoms with van der Waals surface area (Å²) >= 11 is 0. The standard InChI is InChI=1S/C20H16N4O4/c1-23-16(22-15-9-5-4-8-14(15)18(23)26)10-21-17(25)11-24-19(27)12-6-2-3-7-13(12)20(24)28/h2-9H,10-11H2,1H3,(H,21,25). The van der Waals surface area contributed by atoms with Crippen LogP contribution in [-0.2, 0) is 18.4 Å². The maximum absolute atomic E-state index is 12.4. The third kappa shape index (κ3) is 2.84. The van der Waals surface area contributed by atoms with E-state index in [-0.39, 0.29) is 12.1 Å². The Hall–Kier alpha value is -3.81. The summed E-state index contributed by atoms with van der Waals surface area (Å²) in [6, 6.07) is 13.4. The number of hydrogen-bond donors (Lipinski definition) is 1. The van der Waals surface area contributed by atoms with Gasteiger partial charge in [-0.15, -0.1) is 0 Å². The molecule has 8 heteroatoms. The van der Waals surface area contributed by atoms with Gasteiger partial charge in [-0.05, 0) is 24.3 Å². The summed E-state index contributed by atoms with van der Waals surface area (Å²) in [4.78, 5) is 54.7. The number of benzene rings is 2. The number of amides is 3. The number of nitrogens with one attached hydrogen (secondary N) is 1. The largest absolute Gasteiger partial charge is 0.347 e. The summed E-state index contributed by atoms with van der Waals surface area (Å²) in [6.07, 6.45) is 0. The van der Waals surface area contributed by atoms with E-state index in [4.69, 9.17) is 0 Å². The van der Waals surface area contributed by atoms with Crippen molar-refractivity contribution >= 4 is 28.6 Å². The van der Waals surface area contributed by atoms with Crippen LogP contribution in [0, 0.1) is 0 Å². The number of imide groups is 1. The molecule has 0 atom stereocenters. The predicted octanol–water partition coefficient (Wildman–Crippen LogP) is 0.846. The minimum Gasteiger partial charge on any atom is -0.347 e. The molecule has 3 aromatic rings. The fourth-order valence-electron chi connectivity index (χ4n) is 3.18. The molecule has 0 unspecified atom stereocenters. The van der Waals surface area contributed by atoms with Gasteiger partial charge >= 0.3 is 0 Å². The van der Waals surface area contributed by atoms with Crippen LogP contribution < -0.4 is 10.9 Å². The van der Waals surface area contributed by atoms with Gasteiger partial charge < -0.3 is 5.32 Å². The predicted molar refractivity (Wildman–Crippen MR) is 101 cm³/mol. The van der Waals surface area contributed by atoms with Gasteiger partial charge in [0.2, 0.25) is 5.91 Å². The SMILES string of the molecule is Cn1c(CNC(=O)CN2C(=O)c3ccccc3C2=O)nc2ccccc2c1=O. The van der Waals surface area contributed by atoms with Gasteiger partial charge in [0.05, 0.1) is 28.6 Å². The highest BCUT2D eigenvalue weighted by Crippen LogP contribution is 2.21. The highest BCUT2D eigenvalue weighted by molar-refractivity contribution is 6.22. The number of carbonyl (C=O) groups excluding carboxylic acids is 3. The Morgan fingerprint density at radius 3 is 2.25 bits per heavy atom. The van der Waals surface area contributed by atoms with Gasteiger partial charge in [-0.1, -0.05) is 24.3 Å². The van der Waals surface area contributed by atoms with Gasteiger partial charge in [0.25, 0.3) is 17.4 Å². The molecule has 0 bridgehead atoms. The fraction of sp³-hybridized carbons (Fsp3) is 0.150. The maximum Gasteiger partial charge on any atom is 0.262 e. The van der Waals surface area contributed by atoms with Crippen molar-refractivity contribution in [3.63, 3.8) is 0 Å². The molecule has 8 nitrogen and oxygen atoms in total. The first-order valence-corrected chi connectivity index (χ1v) is 8.64. The first-order valence-electron chi connectivity index (χ1n) is 8.64. The van der Waals surface area contributed by atoms with Crippen LogP contribution >= 0.6 is 0 Å². The van der Waals surface area contributed by atoms with Crippen LogP contribution in [0.3, 0.4) is 0 Å². The van der Waals surface area contributed by atoms with Crippen LogP contribution in [-0.4, -0.2) is 38.7 Å². The van der Waals surface area contributed by atoms with Crippen molar-refractivity contribution in [2.45, 2.75) is 6.54 Å². The van der Waals surface area contributed by atoms with Crippen LogP contribution in [0.25, 0.3) is 10.9 Å². The molecule has 0 saturated heterocycles. The molecule has 140 valence electrons. The van der Waals surface area contributed by atoms with Crippen molar-refractivity contribution in [3.8, 4) is 0 Å². The molecule has 1 aliphatic rings. The Balaban J connectivity index is 1.48. The Morgan fingerprint density at radius 1 is 0.964 bits per heavy atom. The monoisotopic (exact) mass is 376 g/mol. The van der Waals surface area contributed by atoms with Crippen molar-refractivity contribution in [1.29, 1.82) is 0 Å². The molecular weight excluding hydrogens is 360 g/mol. The van der Waals surface area contributed by atoms with Crippen LogP contribution in [0.15, 0.2) is 53.3 Å². The van der Waals surface area contributed by atoms with E-state index in [2.05, 4.69) is 10.3 Å². The number of hydrogen-bond acceptors (Lipinski definition) is 5. The van der Waals surface area contributed by atoms with E-state index in [1.807, 2.05) is 0 Å². The molecule has 1 N–H and O–H groups in total. The summed E-state index contributed by atoms with van der Waals surface area (Å²) < 4.78 is 1.37. The van der Waals surface area contributed by atoms with Gasteiger partial charge in [-0.3, -0.25) is 28.6 Å². The summed E-state index contributed by atoms with van der Waals surface area (Å²) in [6.45, 7) is -0.396. The van der Waals surface area contributed by atoms with Crippen LogP contribution in [0.1, 0.15) is 26.5 Å². The fourth-order valence-corrected chi connectivity index (χ4v) is 3.18. The first-order chi connectivity index (χ1) is 13.5. The first kappa shape index (κ1) is 17.6. The molecule has 0 saturated carbocycles. The smallest absolute Gasteiger partial charge is 0.262 e. The van der Waals surface area contributed by atoms with Crippen LogP contribution in [0.4, 0.5) is 0 Å². The van der Waals surface area contributed by atoms with Crippen LogP contribution in [0.2, 0.25) is 0 Å². The molecular formula is C20H16N4O4. The highest BCUT2D eigenvalue weighted by atomic mass is 16.2. The van der Waals surface area contributed by atoms with Crippen molar-refractivity contribution < 1.29 is 14.4 Å². The van der Waals surface area contributed by atoms with Gasteiger partial charge in [0.15, 0.2) is 0 Å². The zero-order chi connectivity index (χ0) is 19.8. The van der Waals surface area contributed by atoms with E-state index in [0.29, 0.717) is 27.9 Å². The zero-order valence-corrected chi connectivity index (χ0v) is 15.0. The Bertz CT molecular complexity index is 1160. The molecule has 1 aliphatic heterocycles. The number of carbonyl (C=O) groups is 3. The Labute approximate surface area is 159 Å². The third-order valence-electron chi connectivity index (χ3n) is 4.70. The Kier molecular flexibility index (Phi) is 4.23. The molecule has 4 rings (SSSR count). The van der Waals surface area contributed by atoms with Crippen LogP contribution in [0.5, 0.6) is 0 Å². The summed E-state index contributed by atoms with van der Waals surface area (Å²) in [5, 5.41) is 3.11. The minimum absolute atomic E-state index is 0.00141. The van der Waals surface area contributed by atoms with Crippen molar-refractivity contribution in [3.05, 3.63) is 75.8 Å². The lowest BCUT2D eigenvalue weighted by atomic mass is 10.1. The molecule has 28 heavy (non-hydrogen) atoms. The molecule has 0 aliphatic carbocycles. The van der Waals surface area contributed by atoms with E-state index >= 15 is 0 Å². The topological polar surface area (TPSA) is 101 Å². The quantitative estimate of drug-likeness (QED) is 0.680. The minimum atomic E-state index is -0.517. The van der Waals surface area contributed by atoms with Crippen molar-refractivity contribution in [2.75, 3.05) is 6.54 Å². The molecule has 3 amide bonds. The molecule has 1 aromatic heterocycles. The van der Waals surface area contributed by atoms with E-state index < -0.39 is 24.3 Å². The zero-order valence-electron chi connectivity index (χ0n) is 15.0. The average Bonchev–Trinajstić information content (AvgIpc) is 2.95. The molecule has 2 aromatic carbocycles. The van der Waals surface area contributed by atoms with E-state index in [9.17, 15) is 19.2 Å². The van der Waals surface area contributed by atoms with E-state index in [1.165, 1.54) is 4.57 Å². The Morgan fingerprint density at radius 2 is 1.57 bits per heavy atom. The molecule has 0 radical (unpaired) electrons. The van der Waals surface area contributed by atoms with E-state index in [0.717, 1.165) is 4.90 Å². The lowest BCUT2D eigenvalue weighted by Gasteiger charge is -2.14. The number of para-hydroxylation sites is 1. The number of fused-ring (bicyclic) bond motifs is 2. The van der Waals surface area contributed by atoms with Gasteiger partial charge in [-0.25, -0.2) is 4.98 Å². The maximum atomic E-state index is 12.4. The summed E-state index contributed by atoms with van der Waals surface area (Å²) in [5.74, 6) is -1.13. The lowest BCUT2D eigenvalue weighted by molar-refractivity contribution is -0.121. The average molecular weight is 376 g/mol. The lowest BCUT2D eigenvalue weighted by Crippen LogP contribution is -2.40. The third-order valence-corrected chi connectivity index (χ3v) is 4.70. The van der Waals surface area contributed by atoms with Crippen molar-refractivity contribution in [1.82, 2.24) is 19.8 Å². The van der Waals surface area contributed by atoms with Gasteiger partial charge in [-0.2, -0.15) is 0 Å². The number of rotatable bonds is 4. The second-order valence-corrected chi connectivity index (χ2v) is 6.43. The highest BCUT2D eigenvalue weighted by Gasteiger charge is 2.36. The molecule has 0 fully saturated rings. The van der Waals surface area contributed by atoms with Gasteiger partial charge in [0, 0.05) is 7.05 Å². The van der Waals surface area contributed by atoms with Gasteiger partial charge in [0.1, 0.15) is 12.4 Å². The normalized spacial score (nSPS) is 13.1. The molecule has 0 spiro atoms. The summed E-state index contributed by atoms with van der Waals surface area (Å²) in [5.41, 5.74) is 0.906. The second kappa shape index (κ2) is 6.73. The van der Waals surface area contributed by atoms with Crippen molar-refractivity contribution in [2.24, 2.45) is 7.05 Å².